The predicted octanol–water partition coefficient (Wildman–Crippen LogP) is 3.06. The van der Waals surface area contributed by atoms with Crippen molar-refractivity contribution in [3.05, 3.63) is 52.5 Å². The van der Waals surface area contributed by atoms with Crippen LogP contribution in [0.3, 0.4) is 0 Å². The zero-order valence-corrected chi connectivity index (χ0v) is 11.0. The highest BCUT2D eigenvalue weighted by molar-refractivity contribution is 6.35. The van der Waals surface area contributed by atoms with Crippen molar-refractivity contribution < 1.29 is 4.79 Å². The Bertz CT molecular complexity index is 575. The molecular formula is C12H9Cl2N3O. The first-order valence-electron chi connectivity index (χ1n) is 5.09. The number of halogens is 2. The van der Waals surface area contributed by atoms with Crippen LogP contribution < -0.4 is 4.90 Å². The van der Waals surface area contributed by atoms with E-state index in [1.54, 1.807) is 37.6 Å². The van der Waals surface area contributed by atoms with E-state index >= 15 is 0 Å². The molecule has 0 atom stereocenters. The van der Waals surface area contributed by atoms with Gasteiger partial charge in [0.05, 0.1) is 5.56 Å². The summed E-state index contributed by atoms with van der Waals surface area (Å²) >= 11 is 11.6. The van der Waals surface area contributed by atoms with Crippen LogP contribution in [-0.4, -0.2) is 22.9 Å². The van der Waals surface area contributed by atoms with Crippen LogP contribution in [0.1, 0.15) is 10.4 Å². The van der Waals surface area contributed by atoms with Crippen molar-refractivity contribution >= 4 is 34.8 Å². The molecule has 0 saturated heterocycles. The molecule has 0 spiro atoms. The molecule has 0 aliphatic carbocycles. The van der Waals surface area contributed by atoms with Crippen molar-refractivity contribution in [2.45, 2.75) is 0 Å². The number of rotatable bonds is 2. The zero-order valence-electron chi connectivity index (χ0n) is 9.47. The Hall–Kier alpha value is -1.65. The monoisotopic (exact) mass is 281 g/mol. The Morgan fingerprint density at radius 3 is 2.44 bits per heavy atom. The molecule has 0 aliphatic rings. The van der Waals surface area contributed by atoms with E-state index in [-0.39, 0.29) is 16.2 Å². The molecule has 2 aromatic heterocycles. The third-order valence-electron chi connectivity index (χ3n) is 2.40. The van der Waals surface area contributed by atoms with Gasteiger partial charge < -0.3 is 4.90 Å². The topological polar surface area (TPSA) is 46.1 Å². The SMILES string of the molecule is CN(C(=O)c1ccc(Cl)nc1Cl)c1ccncc1. The summed E-state index contributed by atoms with van der Waals surface area (Å²) < 4.78 is 0. The molecule has 1 amide bonds. The molecule has 6 heteroatoms. The Morgan fingerprint density at radius 2 is 1.83 bits per heavy atom. The van der Waals surface area contributed by atoms with Crippen LogP contribution in [0.15, 0.2) is 36.7 Å². The zero-order chi connectivity index (χ0) is 13.1. The minimum Gasteiger partial charge on any atom is -0.311 e. The van der Waals surface area contributed by atoms with E-state index in [1.165, 1.54) is 11.0 Å². The van der Waals surface area contributed by atoms with Gasteiger partial charge in [-0.3, -0.25) is 9.78 Å². The summed E-state index contributed by atoms with van der Waals surface area (Å²) in [4.78, 5) is 21.4. The van der Waals surface area contributed by atoms with Gasteiger partial charge in [0.2, 0.25) is 0 Å². The second-order valence-electron chi connectivity index (χ2n) is 3.54. The van der Waals surface area contributed by atoms with Gasteiger partial charge in [-0.1, -0.05) is 23.2 Å². The molecule has 4 nitrogen and oxygen atoms in total. The normalized spacial score (nSPS) is 10.2. The van der Waals surface area contributed by atoms with Crippen molar-refractivity contribution in [1.29, 1.82) is 0 Å². The number of amides is 1. The largest absolute Gasteiger partial charge is 0.311 e. The number of pyridine rings is 2. The lowest BCUT2D eigenvalue weighted by Crippen LogP contribution is -2.26. The van der Waals surface area contributed by atoms with Crippen molar-refractivity contribution in [2.24, 2.45) is 0 Å². The summed E-state index contributed by atoms with van der Waals surface area (Å²) in [5, 5.41) is 0.344. The predicted molar refractivity (Wildman–Crippen MR) is 71.2 cm³/mol. The van der Waals surface area contributed by atoms with Gasteiger partial charge in [0, 0.05) is 25.1 Å². The van der Waals surface area contributed by atoms with Crippen LogP contribution in [0.5, 0.6) is 0 Å². The second-order valence-corrected chi connectivity index (χ2v) is 4.29. The maximum absolute atomic E-state index is 12.2. The van der Waals surface area contributed by atoms with Gasteiger partial charge in [0.25, 0.3) is 5.91 Å². The van der Waals surface area contributed by atoms with Crippen molar-refractivity contribution in [3.63, 3.8) is 0 Å². The van der Waals surface area contributed by atoms with Gasteiger partial charge in [-0.05, 0) is 24.3 Å². The Morgan fingerprint density at radius 1 is 1.17 bits per heavy atom. The van der Waals surface area contributed by atoms with E-state index in [4.69, 9.17) is 23.2 Å². The van der Waals surface area contributed by atoms with Crippen molar-refractivity contribution in [2.75, 3.05) is 11.9 Å². The van der Waals surface area contributed by atoms with Crippen molar-refractivity contribution in [3.8, 4) is 0 Å². The van der Waals surface area contributed by atoms with E-state index < -0.39 is 0 Å². The summed E-state index contributed by atoms with van der Waals surface area (Å²) in [6.45, 7) is 0. The number of carbonyl (C=O) groups excluding carboxylic acids is 1. The Balaban J connectivity index is 2.32. The van der Waals surface area contributed by atoms with Gasteiger partial charge in [0.15, 0.2) is 0 Å². The van der Waals surface area contributed by atoms with E-state index in [9.17, 15) is 4.79 Å². The number of nitrogens with zero attached hydrogens (tertiary/aromatic N) is 3. The van der Waals surface area contributed by atoms with E-state index in [1.807, 2.05) is 0 Å². The standard InChI is InChI=1S/C12H9Cl2N3O/c1-17(8-4-6-15-7-5-8)12(18)9-2-3-10(13)16-11(9)14/h2-7H,1H3. The van der Waals surface area contributed by atoms with Crippen LogP contribution in [0.2, 0.25) is 10.3 Å². The minimum atomic E-state index is -0.254. The number of hydrogen-bond donors (Lipinski definition) is 0. The molecule has 2 heterocycles. The van der Waals surface area contributed by atoms with Crippen molar-refractivity contribution in [1.82, 2.24) is 9.97 Å². The average molecular weight is 282 g/mol. The van der Waals surface area contributed by atoms with E-state index in [0.717, 1.165) is 5.69 Å². The van der Waals surface area contributed by atoms with E-state index in [0.29, 0.717) is 5.56 Å². The van der Waals surface area contributed by atoms with E-state index in [2.05, 4.69) is 9.97 Å². The fourth-order valence-corrected chi connectivity index (χ4v) is 1.86. The number of aromatic nitrogens is 2. The lowest BCUT2D eigenvalue weighted by atomic mass is 10.2. The van der Waals surface area contributed by atoms with Crippen LogP contribution in [0, 0.1) is 0 Å². The molecule has 0 N–H and O–H groups in total. The first-order valence-corrected chi connectivity index (χ1v) is 5.85. The molecule has 0 radical (unpaired) electrons. The van der Waals surface area contributed by atoms with Crippen LogP contribution in [0.4, 0.5) is 5.69 Å². The Kier molecular flexibility index (Phi) is 3.79. The molecule has 92 valence electrons. The highest BCUT2D eigenvalue weighted by atomic mass is 35.5. The van der Waals surface area contributed by atoms with Gasteiger partial charge in [0.1, 0.15) is 10.3 Å². The third kappa shape index (κ3) is 2.60. The molecule has 2 aromatic rings. The van der Waals surface area contributed by atoms with Gasteiger partial charge in [-0.25, -0.2) is 4.98 Å². The summed E-state index contributed by atoms with van der Waals surface area (Å²) in [5.41, 5.74) is 1.03. The smallest absolute Gasteiger partial charge is 0.261 e. The van der Waals surface area contributed by atoms with Gasteiger partial charge in [-0.15, -0.1) is 0 Å². The molecular weight excluding hydrogens is 273 g/mol. The average Bonchev–Trinajstić information content (AvgIpc) is 2.38. The molecule has 18 heavy (non-hydrogen) atoms. The Labute approximate surface area is 114 Å². The summed E-state index contributed by atoms with van der Waals surface area (Å²) in [7, 11) is 1.66. The number of carbonyl (C=O) groups is 1. The summed E-state index contributed by atoms with van der Waals surface area (Å²) in [5.74, 6) is -0.254. The maximum atomic E-state index is 12.2. The third-order valence-corrected chi connectivity index (χ3v) is 2.90. The quantitative estimate of drug-likeness (QED) is 0.795. The highest BCUT2D eigenvalue weighted by Gasteiger charge is 2.17. The summed E-state index contributed by atoms with van der Waals surface area (Å²) in [6, 6.07) is 6.54. The number of hydrogen-bond acceptors (Lipinski definition) is 3. The summed E-state index contributed by atoms with van der Waals surface area (Å²) in [6.07, 6.45) is 3.22. The highest BCUT2D eigenvalue weighted by Crippen LogP contribution is 2.20. The fraction of sp³-hybridized carbons (Fsp3) is 0.0833. The molecule has 0 aliphatic heterocycles. The first kappa shape index (κ1) is 12.8. The molecule has 0 bridgehead atoms. The molecule has 0 saturated carbocycles. The van der Waals surface area contributed by atoms with Crippen LogP contribution in [-0.2, 0) is 0 Å². The fourth-order valence-electron chi connectivity index (χ4n) is 1.44. The van der Waals surface area contributed by atoms with Gasteiger partial charge >= 0.3 is 0 Å². The minimum absolute atomic E-state index is 0.0911. The maximum Gasteiger partial charge on any atom is 0.261 e. The molecule has 2 rings (SSSR count). The van der Waals surface area contributed by atoms with Crippen LogP contribution >= 0.6 is 23.2 Å². The second kappa shape index (κ2) is 5.33. The van der Waals surface area contributed by atoms with Gasteiger partial charge in [-0.2, -0.15) is 0 Å². The van der Waals surface area contributed by atoms with Crippen LogP contribution in [0.25, 0.3) is 0 Å². The lowest BCUT2D eigenvalue weighted by molar-refractivity contribution is 0.0993. The first-order chi connectivity index (χ1) is 8.59. The molecule has 0 unspecified atom stereocenters. The molecule has 0 fully saturated rings. The molecule has 0 aromatic carbocycles. The number of anilines is 1. The lowest BCUT2D eigenvalue weighted by Gasteiger charge is -2.17.